The Bertz CT molecular complexity index is 908. The molecule has 1 atom stereocenters. The molecule has 2 aromatic carbocycles. The van der Waals surface area contributed by atoms with E-state index in [-0.39, 0.29) is 11.8 Å². The van der Waals surface area contributed by atoms with Crippen LogP contribution in [-0.2, 0) is 9.59 Å². The molecule has 2 amide bonds. The van der Waals surface area contributed by atoms with E-state index in [4.69, 9.17) is 4.74 Å². The molecule has 6 nitrogen and oxygen atoms in total. The van der Waals surface area contributed by atoms with Crippen molar-refractivity contribution in [3.8, 4) is 5.75 Å². The summed E-state index contributed by atoms with van der Waals surface area (Å²) in [5.74, 6) is 0.226. The van der Waals surface area contributed by atoms with Crippen LogP contribution in [0.5, 0.6) is 5.75 Å². The quantitative estimate of drug-likeness (QED) is 0.732. The van der Waals surface area contributed by atoms with E-state index < -0.39 is 6.10 Å². The van der Waals surface area contributed by atoms with Gasteiger partial charge in [-0.2, -0.15) is 0 Å². The van der Waals surface area contributed by atoms with Crippen LogP contribution < -0.4 is 15.4 Å². The molecule has 0 bridgehead atoms. The van der Waals surface area contributed by atoms with Crippen LogP contribution in [0.1, 0.15) is 13.8 Å². The van der Waals surface area contributed by atoms with Crippen molar-refractivity contribution in [2.75, 3.05) is 10.6 Å². The molecule has 1 heterocycles. The molecule has 0 aliphatic carbocycles. The second kappa shape index (κ2) is 7.31. The molecule has 128 valence electrons. The van der Waals surface area contributed by atoms with Gasteiger partial charge in [0.1, 0.15) is 5.75 Å². The zero-order valence-electron chi connectivity index (χ0n) is 13.8. The third kappa shape index (κ3) is 4.33. The summed E-state index contributed by atoms with van der Waals surface area (Å²) in [4.78, 5) is 27.8. The number of carbonyl (C=O) groups excluding carboxylic acids is 2. The highest BCUT2D eigenvalue weighted by atomic mass is 32.1. The fourth-order valence-electron chi connectivity index (χ4n) is 2.22. The predicted octanol–water partition coefficient (Wildman–Crippen LogP) is 3.66. The number of aromatic nitrogens is 1. The van der Waals surface area contributed by atoms with Crippen LogP contribution in [0.3, 0.4) is 0 Å². The summed E-state index contributed by atoms with van der Waals surface area (Å²) in [7, 11) is 0. The van der Waals surface area contributed by atoms with E-state index in [1.807, 2.05) is 24.3 Å². The molecule has 0 aliphatic rings. The van der Waals surface area contributed by atoms with Crippen molar-refractivity contribution in [1.29, 1.82) is 0 Å². The van der Waals surface area contributed by atoms with E-state index >= 15 is 0 Å². The van der Waals surface area contributed by atoms with Crippen molar-refractivity contribution in [3.05, 3.63) is 48.5 Å². The third-order valence-corrected chi connectivity index (χ3v) is 4.30. The number of para-hydroxylation sites is 1. The van der Waals surface area contributed by atoms with Gasteiger partial charge in [-0.1, -0.05) is 29.5 Å². The smallest absolute Gasteiger partial charge is 0.266 e. The molecule has 0 aliphatic heterocycles. The lowest BCUT2D eigenvalue weighted by Gasteiger charge is -2.13. The number of carbonyl (C=O) groups is 2. The van der Waals surface area contributed by atoms with Gasteiger partial charge in [0.2, 0.25) is 5.91 Å². The topological polar surface area (TPSA) is 80.3 Å². The maximum atomic E-state index is 12.3. The van der Waals surface area contributed by atoms with Gasteiger partial charge in [0, 0.05) is 12.6 Å². The Morgan fingerprint density at radius 2 is 1.88 bits per heavy atom. The molecule has 1 unspecified atom stereocenters. The zero-order chi connectivity index (χ0) is 17.8. The first-order valence-corrected chi connectivity index (χ1v) is 8.53. The minimum Gasteiger partial charge on any atom is -0.481 e. The zero-order valence-corrected chi connectivity index (χ0v) is 14.6. The lowest BCUT2D eigenvalue weighted by molar-refractivity contribution is -0.122. The van der Waals surface area contributed by atoms with Gasteiger partial charge < -0.3 is 10.1 Å². The molecular formula is C18H17N3O3S. The Morgan fingerprint density at radius 1 is 1.12 bits per heavy atom. The third-order valence-electron chi connectivity index (χ3n) is 3.36. The molecule has 0 radical (unpaired) electrons. The standard InChI is InChI=1S/C18H17N3O3S/c1-11(24-14-6-4-3-5-7-14)17(23)21-18-20-15-9-8-13(19-12(2)22)10-16(15)25-18/h3-11H,1-2H3,(H,19,22)(H,20,21,23). The Morgan fingerprint density at radius 3 is 2.60 bits per heavy atom. The maximum Gasteiger partial charge on any atom is 0.266 e. The number of amides is 2. The van der Waals surface area contributed by atoms with Crippen LogP contribution in [0.4, 0.5) is 10.8 Å². The average molecular weight is 355 g/mol. The molecule has 2 N–H and O–H groups in total. The van der Waals surface area contributed by atoms with Gasteiger partial charge >= 0.3 is 0 Å². The fraction of sp³-hybridized carbons (Fsp3) is 0.167. The van der Waals surface area contributed by atoms with Crippen LogP contribution >= 0.6 is 11.3 Å². The normalized spacial score (nSPS) is 11.8. The highest BCUT2D eigenvalue weighted by Gasteiger charge is 2.16. The molecule has 0 saturated carbocycles. The molecule has 0 fully saturated rings. The molecule has 3 aromatic rings. The first-order valence-electron chi connectivity index (χ1n) is 7.72. The summed E-state index contributed by atoms with van der Waals surface area (Å²) in [5.41, 5.74) is 1.45. The summed E-state index contributed by atoms with van der Waals surface area (Å²) in [6.45, 7) is 3.14. The number of hydrogen-bond donors (Lipinski definition) is 2. The lowest BCUT2D eigenvalue weighted by atomic mass is 10.3. The van der Waals surface area contributed by atoms with Crippen molar-refractivity contribution in [2.24, 2.45) is 0 Å². The fourth-order valence-corrected chi connectivity index (χ4v) is 3.13. The number of benzene rings is 2. The van der Waals surface area contributed by atoms with Crippen LogP contribution in [0.2, 0.25) is 0 Å². The van der Waals surface area contributed by atoms with Crippen molar-refractivity contribution in [2.45, 2.75) is 20.0 Å². The number of nitrogens with zero attached hydrogens (tertiary/aromatic N) is 1. The van der Waals surface area contributed by atoms with Gasteiger partial charge in [0.15, 0.2) is 11.2 Å². The van der Waals surface area contributed by atoms with E-state index in [9.17, 15) is 9.59 Å². The minimum absolute atomic E-state index is 0.135. The highest BCUT2D eigenvalue weighted by Crippen LogP contribution is 2.28. The second-order valence-corrected chi connectivity index (χ2v) is 6.48. The summed E-state index contributed by atoms with van der Waals surface area (Å²) in [5, 5.41) is 5.98. The first kappa shape index (κ1) is 16.9. The average Bonchev–Trinajstić information content (AvgIpc) is 2.96. The van der Waals surface area contributed by atoms with Gasteiger partial charge in [-0.15, -0.1) is 0 Å². The Balaban J connectivity index is 1.69. The summed E-state index contributed by atoms with van der Waals surface area (Å²) < 4.78 is 6.48. The number of fused-ring (bicyclic) bond motifs is 1. The van der Waals surface area contributed by atoms with Crippen LogP contribution in [0.15, 0.2) is 48.5 Å². The van der Waals surface area contributed by atoms with Gasteiger partial charge in [-0.3, -0.25) is 14.9 Å². The van der Waals surface area contributed by atoms with E-state index in [2.05, 4.69) is 15.6 Å². The van der Waals surface area contributed by atoms with Crippen molar-refractivity contribution in [1.82, 2.24) is 4.98 Å². The Hall–Kier alpha value is -2.93. The largest absolute Gasteiger partial charge is 0.481 e. The molecule has 1 aromatic heterocycles. The van der Waals surface area contributed by atoms with E-state index in [0.717, 1.165) is 10.2 Å². The molecular weight excluding hydrogens is 338 g/mol. The van der Waals surface area contributed by atoms with Crippen LogP contribution in [-0.4, -0.2) is 22.9 Å². The SMILES string of the molecule is CC(=O)Nc1ccc2nc(NC(=O)C(C)Oc3ccccc3)sc2c1. The van der Waals surface area contributed by atoms with E-state index in [1.54, 1.807) is 31.2 Å². The minimum atomic E-state index is -0.649. The number of anilines is 2. The Kier molecular flexibility index (Phi) is 4.95. The predicted molar refractivity (Wildman–Crippen MR) is 99.1 cm³/mol. The van der Waals surface area contributed by atoms with Crippen LogP contribution in [0, 0.1) is 0 Å². The highest BCUT2D eigenvalue weighted by molar-refractivity contribution is 7.22. The summed E-state index contributed by atoms with van der Waals surface area (Å²) in [6.07, 6.45) is -0.649. The number of nitrogens with one attached hydrogen (secondary N) is 2. The molecule has 0 spiro atoms. The van der Waals surface area contributed by atoms with Gasteiger partial charge in [0.25, 0.3) is 5.91 Å². The molecule has 25 heavy (non-hydrogen) atoms. The lowest BCUT2D eigenvalue weighted by Crippen LogP contribution is -2.30. The van der Waals surface area contributed by atoms with Crippen molar-refractivity contribution in [3.63, 3.8) is 0 Å². The number of ether oxygens (including phenoxy) is 1. The number of rotatable bonds is 5. The van der Waals surface area contributed by atoms with Gasteiger partial charge in [-0.25, -0.2) is 4.98 Å². The monoisotopic (exact) mass is 355 g/mol. The van der Waals surface area contributed by atoms with Crippen molar-refractivity contribution >= 4 is 44.2 Å². The van der Waals surface area contributed by atoms with E-state index in [0.29, 0.717) is 16.6 Å². The molecule has 0 saturated heterocycles. The van der Waals surface area contributed by atoms with Crippen molar-refractivity contribution < 1.29 is 14.3 Å². The first-order chi connectivity index (χ1) is 12.0. The number of hydrogen-bond acceptors (Lipinski definition) is 5. The maximum absolute atomic E-state index is 12.3. The Labute approximate surface area is 148 Å². The second-order valence-electron chi connectivity index (χ2n) is 5.45. The van der Waals surface area contributed by atoms with Crippen LogP contribution in [0.25, 0.3) is 10.2 Å². The molecule has 7 heteroatoms. The summed E-state index contributed by atoms with van der Waals surface area (Å²) >= 11 is 1.34. The van der Waals surface area contributed by atoms with Gasteiger partial charge in [-0.05, 0) is 37.3 Å². The molecule has 3 rings (SSSR count). The van der Waals surface area contributed by atoms with E-state index in [1.165, 1.54) is 18.3 Å². The number of thiazole rings is 1. The summed E-state index contributed by atoms with van der Waals surface area (Å²) in [6, 6.07) is 14.6. The van der Waals surface area contributed by atoms with Gasteiger partial charge in [0.05, 0.1) is 10.2 Å².